The van der Waals surface area contributed by atoms with Crippen molar-refractivity contribution in [2.45, 2.75) is 19.3 Å². The van der Waals surface area contributed by atoms with Crippen LogP contribution >= 0.6 is 0 Å². The zero-order valence-corrected chi connectivity index (χ0v) is 17.6. The zero-order chi connectivity index (χ0) is 21.5. The molecule has 0 aliphatic carbocycles. The van der Waals surface area contributed by atoms with Gasteiger partial charge in [-0.2, -0.15) is 0 Å². The Balaban J connectivity index is 1.55. The van der Waals surface area contributed by atoms with E-state index >= 15 is 0 Å². The number of carbonyl (C=O) groups is 2. The highest BCUT2D eigenvalue weighted by atomic mass is 16.5. The summed E-state index contributed by atoms with van der Waals surface area (Å²) in [7, 11) is 4.75. The van der Waals surface area contributed by atoms with Crippen LogP contribution in [0.5, 0.6) is 17.2 Å². The maximum Gasteiger partial charge on any atom is 0.227 e. The van der Waals surface area contributed by atoms with Gasteiger partial charge in [0.05, 0.1) is 33.4 Å². The molecule has 1 saturated heterocycles. The molecule has 2 aromatic rings. The highest BCUT2D eigenvalue weighted by Crippen LogP contribution is 2.28. The molecule has 1 heterocycles. The predicted molar refractivity (Wildman–Crippen MR) is 114 cm³/mol. The molecule has 7 heteroatoms. The van der Waals surface area contributed by atoms with E-state index in [1.54, 1.807) is 27.4 Å². The number of methoxy groups -OCH3 is 3. The van der Waals surface area contributed by atoms with Crippen LogP contribution in [0.3, 0.4) is 0 Å². The molecule has 30 heavy (non-hydrogen) atoms. The van der Waals surface area contributed by atoms with E-state index in [1.165, 1.54) is 0 Å². The number of nitrogens with one attached hydrogen (secondary N) is 1. The summed E-state index contributed by atoms with van der Waals surface area (Å²) in [5.41, 5.74) is 1.48. The van der Waals surface area contributed by atoms with Gasteiger partial charge >= 0.3 is 0 Å². The summed E-state index contributed by atoms with van der Waals surface area (Å²) in [6, 6.07) is 12.8. The lowest BCUT2D eigenvalue weighted by molar-refractivity contribution is -0.133. The number of para-hydroxylation sites is 2. The Morgan fingerprint density at radius 1 is 0.967 bits per heavy atom. The first kappa shape index (κ1) is 21.5. The van der Waals surface area contributed by atoms with Gasteiger partial charge in [0.25, 0.3) is 0 Å². The summed E-state index contributed by atoms with van der Waals surface area (Å²) in [5.74, 6) is 1.81. The third-order valence-corrected chi connectivity index (χ3v) is 5.42. The van der Waals surface area contributed by atoms with Crippen LogP contribution in [-0.4, -0.2) is 51.1 Å². The monoisotopic (exact) mass is 412 g/mol. The van der Waals surface area contributed by atoms with Gasteiger partial charge in [-0.05, 0) is 31.0 Å². The van der Waals surface area contributed by atoms with E-state index in [0.717, 1.165) is 5.56 Å². The Morgan fingerprint density at radius 3 is 2.33 bits per heavy atom. The van der Waals surface area contributed by atoms with Crippen molar-refractivity contribution in [2.24, 2.45) is 5.92 Å². The van der Waals surface area contributed by atoms with E-state index in [-0.39, 0.29) is 24.2 Å². The second-order valence-electron chi connectivity index (χ2n) is 7.20. The van der Waals surface area contributed by atoms with Crippen LogP contribution in [0.2, 0.25) is 0 Å². The second-order valence-corrected chi connectivity index (χ2v) is 7.20. The number of ether oxygens (including phenoxy) is 3. The summed E-state index contributed by atoms with van der Waals surface area (Å²) < 4.78 is 15.9. The van der Waals surface area contributed by atoms with Crippen molar-refractivity contribution < 1.29 is 23.8 Å². The van der Waals surface area contributed by atoms with Crippen molar-refractivity contribution in [3.8, 4) is 17.2 Å². The molecule has 1 aliphatic rings. The van der Waals surface area contributed by atoms with Crippen molar-refractivity contribution in [3.05, 3.63) is 48.0 Å². The molecule has 0 unspecified atom stereocenters. The predicted octanol–water partition coefficient (Wildman–Crippen LogP) is 3.13. The van der Waals surface area contributed by atoms with Crippen LogP contribution in [0.15, 0.2) is 42.5 Å². The number of nitrogens with zero attached hydrogens (tertiary/aromatic N) is 1. The first-order valence-corrected chi connectivity index (χ1v) is 9.98. The minimum absolute atomic E-state index is 0.0297. The van der Waals surface area contributed by atoms with Crippen LogP contribution in [0.25, 0.3) is 0 Å². The number of hydrogen-bond acceptors (Lipinski definition) is 5. The van der Waals surface area contributed by atoms with E-state index in [0.29, 0.717) is 48.9 Å². The van der Waals surface area contributed by atoms with Gasteiger partial charge in [0.15, 0.2) is 0 Å². The van der Waals surface area contributed by atoms with E-state index in [2.05, 4.69) is 5.32 Å². The molecule has 1 fully saturated rings. The molecule has 0 spiro atoms. The van der Waals surface area contributed by atoms with E-state index in [4.69, 9.17) is 14.2 Å². The molecule has 2 amide bonds. The van der Waals surface area contributed by atoms with Crippen molar-refractivity contribution in [2.75, 3.05) is 39.7 Å². The zero-order valence-electron chi connectivity index (χ0n) is 17.6. The number of anilines is 1. The van der Waals surface area contributed by atoms with Crippen molar-refractivity contribution in [1.82, 2.24) is 4.90 Å². The van der Waals surface area contributed by atoms with Gasteiger partial charge in [-0.25, -0.2) is 0 Å². The number of benzene rings is 2. The van der Waals surface area contributed by atoms with Crippen molar-refractivity contribution in [1.29, 1.82) is 0 Å². The van der Waals surface area contributed by atoms with Crippen molar-refractivity contribution >= 4 is 17.5 Å². The van der Waals surface area contributed by atoms with Crippen LogP contribution < -0.4 is 19.5 Å². The van der Waals surface area contributed by atoms with E-state index < -0.39 is 0 Å². The number of rotatable bonds is 7. The molecule has 0 bridgehead atoms. The number of piperidine rings is 1. The fourth-order valence-corrected chi connectivity index (χ4v) is 3.65. The summed E-state index contributed by atoms with van der Waals surface area (Å²) >= 11 is 0. The van der Waals surface area contributed by atoms with Crippen LogP contribution in [0.1, 0.15) is 18.4 Å². The van der Waals surface area contributed by atoms with Gasteiger partial charge in [0, 0.05) is 30.6 Å². The highest BCUT2D eigenvalue weighted by Gasteiger charge is 2.28. The maximum atomic E-state index is 12.8. The van der Waals surface area contributed by atoms with Crippen LogP contribution in [0.4, 0.5) is 5.69 Å². The Hall–Kier alpha value is -3.22. The Morgan fingerprint density at radius 2 is 1.67 bits per heavy atom. The van der Waals surface area contributed by atoms with E-state index in [9.17, 15) is 9.59 Å². The lowest BCUT2D eigenvalue weighted by Gasteiger charge is -2.31. The quantitative estimate of drug-likeness (QED) is 0.756. The highest BCUT2D eigenvalue weighted by molar-refractivity contribution is 5.94. The average Bonchev–Trinajstić information content (AvgIpc) is 2.79. The Labute approximate surface area is 176 Å². The molecule has 1 N–H and O–H groups in total. The lowest BCUT2D eigenvalue weighted by atomic mass is 9.95. The van der Waals surface area contributed by atoms with Gasteiger partial charge in [-0.3, -0.25) is 9.59 Å². The summed E-state index contributed by atoms with van der Waals surface area (Å²) in [4.78, 5) is 27.2. The van der Waals surface area contributed by atoms with Gasteiger partial charge in [0.1, 0.15) is 17.2 Å². The molecule has 3 rings (SSSR count). The SMILES string of the molecule is COc1ccc(CC(=O)N2CCC(C(=O)Nc3ccccc3OC)CC2)c(OC)c1. The molecular formula is C23H28N2O5. The molecule has 0 radical (unpaired) electrons. The second kappa shape index (κ2) is 10.0. The fraction of sp³-hybridized carbons (Fsp3) is 0.391. The van der Waals surface area contributed by atoms with Gasteiger partial charge in [-0.1, -0.05) is 18.2 Å². The Bertz CT molecular complexity index is 891. The van der Waals surface area contributed by atoms with Crippen LogP contribution in [0, 0.1) is 5.92 Å². The molecule has 0 atom stereocenters. The number of hydrogen-bond donors (Lipinski definition) is 1. The third kappa shape index (κ3) is 5.03. The lowest BCUT2D eigenvalue weighted by Crippen LogP contribution is -2.42. The molecular weight excluding hydrogens is 384 g/mol. The van der Waals surface area contributed by atoms with E-state index in [1.807, 2.05) is 41.3 Å². The first-order chi connectivity index (χ1) is 14.5. The molecule has 1 aliphatic heterocycles. The number of carbonyl (C=O) groups excluding carboxylic acids is 2. The van der Waals surface area contributed by atoms with Gasteiger partial charge in [0.2, 0.25) is 11.8 Å². The molecule has 0 saturated carbocycles. The minimum Gasteiger partial charge on any atom is -0.497 e. The maximum absolute atomic E-state index is 12.8. The molecule has 160 valence electrons. The number of amides is 2. The Kier molecular flexibility index (Phi) is 7.17. The van der Waals surface area contributed by atoms with Gasteiger partial charge < -0.3 is 24.4 Å². The largest absolute Gasteiger partial charge is 0.497 e. The summed E-state index contributed by atoms with van der Waals surface area (Å²) in [6.45, 7) is 1.11. The fourth-order valence-electron chi connectivity index (χ4n) is 3.65. The molecule has 2 aromatic carbocycles. The number of likely N-dealkylation sites (tertiary alicyclic amines) is 1. The normalized spacial score (nSPS) is 14.2. The topological polar surface area (TPSA) is 77.1 Å². The summed E-state index contributed by atoms with van der Waals surface area (Å²) in [6.07, 6.45) is 1.52. The average molecular weight is 412 g/mol. The van der Waals surface area contributed by atoms with Gasteiger partial charge in [-0.15, -0.1) is 0 Å². The minimum atomic E-state index is -0.130. The summed E-state index contributed by atoms with van der Waals surface area (Å²) in [5, 5.41) is 2.95. The smallest absolute Gasteiger partial charge is 0.227 e. The third-order valence-electron chi connectivity index (χ3n) is 5.42. The standard InChI is InChI=1S/C23H28N2O5/c1-28-18-9-8-17(21(15-18)30-3)14-22(26)25-12-10-16(11-13-25)23(27)24-19-6-4-5-7-20(19)29-2/h4-9,15-16H,10-14H2,1-3H3,(H,24,27). The van der Waals surface area contributed by atoms with Crippen molar-refractivity contribution in [3.63, 3.8) is 0 Å². The van der Waals surface area contributed by atoms with Crippen LogP contribution in [-0.2, 0) is 16.0 Å². The molecule has 7 nitrogen and oxygen atoms in total. The molecule has 0 aromatic heterocycles. The first-order valence-electron chi connectivity index (χ1n) is 9.98.